The molecule has 6 nitrogen and oxygen atoms in total. The Morgan fingerprint density at radius 2 is 1.73 bits per heavy atom. The molecule has 2 aromatic rings. The predicted octanol–water partition coefficient (Wildman–Crippen LogP) is 3.24. The number of nitrogens with zero attached hydrogens (tertiary/aromatic N) is 3. The minimum Gasteiger partial charge on any atom is -0.508 e. The fourth-order valence-electron chi connectivity index (χ4n) is 2.55. The number of aromatic nitrogens is 2. The van der Waals surface area contributed by atoms with Crippen LogP contribution in [0.2, 0.25) is 0 Å². The van der Waals surface area contributed by atoms with Crippen LogP contribution in [0.5, 0.6) is 5.75 Å². The molecule has 26 heavy (non-hydrogen) atoms. The Hall–Kier alpha value is -2.34. The molecule has 0 radical (unpaired) electrons. The monoisotopic (exact) mass is 360 g/mol. The third kappa shape index (κ3) is 6.88. The van der Waals surface area contributed by atoms with Crippen LogP contribution < -0.4 is 10.5 Å². The van der Waals surface area contributed by atoms with E-state index in [0.717, 1.165) is 44.1 Å². The van der Waals surface area contributed by atoms with Gasteiger partial charge in [-0.15, -0.1) is 0 Å². The first-order valence-electron chi connectivity index (χ1n) is 9.43. The van der Waals surface area contributed by atoms with E-state index in [1.165, 1.54) is 18.8 Å². The molecule has 0 saturated carbocycles. The van der Waals surface area contributed by atoms with Gasteiger partial charge in [0.1, 0.15) is 11.6 Å². The van der Waals surface area contributed by atoms with Crippen LogP contribution in [0.15, 0.2) is 41.5 Å². The Kier molecular flexibility index (Phi) is 10.1. The Morgan fingerprint density at radius 3 is 2.31 bits per heavy atom. The van der Waals surface area contributed by atoms with Crippen LogP contribution in [0.4, 0.5) is 5.82 Å². The topological polar surface area (TPSA) is 72.5 Å². The molecule has 3 rings (SSSR count). The summed E-state index contributed by atoms with van der Waals surface area (Å²) in [5.41, 5.74) is 0.817. The normalized spacial score (nSPS) is 13.9. The Morgan fingerprint density at radius 1 is 1.12 bits per heavy atom. The van der Waals surface area contributed by atoms with Gasteiger partial charge in [0.05, 0.1) is 6.33 Å². The molecule has 2 heterocycles. The third-order valence-electron chi connectivity index (χ3n) is 3.75. The molecule has 0 aliphatic carbocycles. The second-order valence-corrected chi connectivity index (χ2v) is 5.87. The first-order chi connectivity index (χ1) is 12.6. The highest BCUT2D eigenvalue weighted by molar-refractivity contribution is 5.37. The number of para-hydroxylation sites is 1. The van der Waals surface area contributed by atoms with Gasteiger partial charge in [-0.3, -0.25) is 9.69 Å². The van der Waals surface area contributed by atoms with Crippen molar-refractivity contribution in [3.05, 3.63) is 52.6 Å². The van der Waals surface area contributed by atoms with Crippen molar-refractivity contribution in [2.45, 2.75) is 40.7 Å². The lowest BCUT2D eigenvalue weighted by Gasteiger charge is -2.35. The van der Waals surface area contributed by atoms with Gasteiger partial charge in [0.15, 0.2) is 0 Å². The van der Waals surface area contributed by atoms with Crippen LogP contribution in [0, 0.1) is 0 Å². The number of H-pyrrole nitrogens is 1. The van der Waals surface area contributed by atoms with Gasteiger partial charge in [-0.1, -0.05) is 52.3 Å². The Balaban J connectivity index is 0.000000615. The van der Waals surface area contributed by atoms with Crippen LogP contribution in [0.3, 0.4) is 0 Å². The maximum absolute atomic E-state index is 11.3. The molecule has 1 aliphatic rings. The average molecular weight is 361 g/mol. The van der Waals surface area contributed by atoms with Crippen molar-refractivity contribution in [1.82, 2.24) is 14.9 Å². The second-order valence-electron chi connectivity index (χ2n) is 5.87. The van der Waals surface area contributed by atoms with Crippen molar-refractivity contribution in [3.8, 4) is 5.75 Å². The van der Waals surface area contributed by atoms with E-state index in [4.69, 9.17) is 0 Å². The van der Waals surface area contributed by atoms with Crippen molar-refractivity contribution in [3.63, 3.8) is 0 Å². The SMILES string of the molecule is CC.CCC.O=c1cc(N2CCN(Cc3ccccc3O)CC2)nc[nH]1. The fraction of sp³-hybridized carbons (Fsp3) is 0.500. The summed E-state index contributed by atoms with van der Waals surface area (Å²) in [6, 6.07) is 8.95. The molecule has 6 heteroatoms. The van der Waals surface area contributed by atoms with E-state index in [9.17, 15) is 9.90 Å². The van der Waals surface area contributed by atoms with Crippen LogP contribution >= 0.6 is 0 Å². The molecule has 0 unspecified atom stereocenters. The van der Waals surface area contributed by atoms with Crippen LogP contribution in [0.1, 0.15) is 39.7 Å². The molecule has 2 N–H and O–H groups in total. The Labute approximate surface area is 156 Å². The maximum Gasteiger partial charge on any atom is 0.252 e. The van der Waals surface area contributed by atoms with Crippen molar-refractivity contribution in [2.75, 3.05) is 31.1 Å². The maximum atomic E-state index is 11.3. The summed E-state index contributed by atoms with van der Waals surface area (Å²) >= 11 is 0. The van der Waals surface area contributed by atoms with Crippen LogP contribution in [0.25, 0.3) is 0 Å². The summed E-state index contributed by atoms with van der Waals surface area (Å²) in [6.45, 7) is 12.4. The lowest BCUT2D eigenvalue weighted by Crippen LogP contribution is -2.46. The summed E-state index contributed by atoms with van der Waals surface area (Å²) in [4.78, 5) is 22.4. The van der Waals surface area contributed by atoms with Crippen molar-refractivity contribution >= 4 is 5.82 Å². The van der Waals surface area contributed by atoms with E-state index in [1.54, 1.807) is 6.07 Å². The summed E-state index contributed by atoms with van der Waals surface area (Å²) in [7, 11) is 0. The van der Waals surface area contributed by atoms with Crippen molar-refractivity contribution in [1.29, 1.82) is 0 Å². The number of phenols is 1. The molecule has 1 fully saturated rings. The highest BCUT2D eigenvalue weighted by Crippen LogP contribution is 2.19. The van der Waals surface area contributed by atoms with E-state index in [2.05, 4.69) is 33.6 Å². The average Bonchev–Trinajstić information content (AvgIpc) is 2.67. The number of nitrogens with one attached hydrogen (secondary N) is 1. The van der Waals surface area contributed by atoms with Gasteiger partial charge in [-0.2, -0.15) is 0 Å². The number of phenolic OH excluding ortho intramolecular Hbond substituents is 1. The number of benzene rings is 1. The zero-order chi connectivity index (χ0) is 19.4. The highest BCUT2D eigenvalue weighted by atomic mass is 16.3. The number of aromatic hydroxyl groups is 1. The van der Waals surface area contributed by atoms with E-state index < -0.39 is 0 Å². The molecule has 1 aromatic carbocycles. The number of hydrogen-bond acceptors (Lipinski definition) is 5. The molecule has 1 aromatic heterocycles. The minimum atomic E-state index is -0.128. The van der Waals surface area contributed by atoms with E-state index in [0.29, 0.717) is 5.75 Å². The quantitative estimate of drug-likeness (QED) is 0.879. The van der Waals surface area contributed by atoms with Crippen molar-refractivity contribution < 1.29 is 5.11 Å². The third-order valence-corrected chi connectivity index (χ3v) is 3.75. The molecule has 0 spiro atoms. The first-order valence-corrected chi connectivity index (χ1v) is 9.43. The zero-order valence-corrected chi connectivity index (χ0v) is 16.4. The molecule has 144 valence electrons. The van der Waals surface area contributed by atoms with Gasteiger partial charge in [0, 0.05) is 44.4 Å². The largest absolute Gasteiger partial charge is 0.508 e. The second kappa shape index (κ2) is 12.1. The van der Waals surface area contributed by atoms with Gasteiger partial charge < -0.3 is 15.0 Å². The van der Waals surface area contributed by atoms with Crippen LogP contribution in [-0.2, 0) is 6.54 Å². The predicted molar refractivity (Wildman–Crippen MR) is 108 cm³/mol. The fourth-order valence-corrected chi connectivity index (χ4v) is 2.55. The number of hydrogen-bond donors (Lipinski definition) is 2. The van der Waals surface area contributed by atoms with Crippen molar-refractivity contribution in [2.24, 2.45) is 0 Å². The van der Waals surface area contributed by atoms with E-state index in [1.807, 2.05) is 32.0 Å². The molecular formula is C20H32N4O2. The molecule has 0 atom stereocenters. The number of rotatable bonds is 3. The molecular weight excluding hydrogens is 328 g/mol. The first kappa shape index (κ1) is 21.7. The lowest BCUT2D eigenvalue weighted by molar-refractivity contribution is 0.246. The smallest absolute Gasteiger partial charge is 0.252 e. The summed E-state index contributed by atoms with van der Waals surface area (Å²) in [5, 5.41) is 9.82. The zero-order valence-electron chi connectivity index (χ0n) is 16.4. The van der Waals surface area contributed by atoms with Gasteiger partial charge >= 0.3 is 0 Å². The van der Waals surface area contributed by atoms with E-state index >= 15 is 0 Å². The van der Waals surface area contributed by atoms with E-state index in [-0.39, 0.29) is 5.56 Å². The summed E-state index contributed by atoms with van der Waals surface area (Å²) in [6.07, 6.45) is 2.69. The molecule has 0 amide bonds. The van der Waals surface area contributed by atoms with Gasteiger partial charge in [-0.05, 0) is 6.07 Å². The number of aromatic amines is 1. The van der Waals surface area contributed by atoms with Gasteiger partial charge in [-0.25, -0.2) is 4.98 Å². The molecule has 1 saturated heterocycles. The van der Waals surface area contributed by atoms with Gasteiger partial charge in [0.25, 0.3) is 5.56 Å². The number of piperazine rings is 1. The summed E-state index contributed by atoms with van der Waals surface area (Å²) < 4.78 is 0. The minimum absolute atomic E-state index is 0.128. The Bertz CT molecular complexity index is 679. The standard InChI is InChI=1S/C15H18N4O2.C3H8.C2H6/c20-13-4-2-1-3-12(13)10-18-5-7-19(8-6-18)14-9-15(21)17-11-16-14;1-3-2;1-2/h1-4,9,11,20H,5-8,10H2,(H,16,17,21);3H2,1-2H3;1-2H3. The molecule has 0 bridgehead atoms. The lowest BCUT2D eigenvalue weighted by atomic mass is 10.1. The molecule has 1 aliphatic heterocycles. The van der Waals surface area contributed by atoms with Crippen LogP contribution in [-0.4, -0.2) is 46.2 Å². The number of anilines is 1. The summed E-state index contributed by atoms with van der Waals surface area (Å²) in [5.74, 6) is 1.07. The highest BCUT2D eigenvalue weighted by Gasteiger charge is 2.19. The van der Waals surface area contributed by atoms with Gasteiger partial charge in [0.2, 0.25) is 0 Å².